The van der Waals surface area contributed by atoms with E-state index in [0.717, 1.165) is 32.5 Å². The van der Waals surface area contributed by atoms with Crippen molar-refractivity contribution in [3.63, 3.8) is 0 Å². The van der Waals surface area contributed by atoms with E-state index in [1.165, 1.54) is 22.0 Å². The molecular weight excluding hydrogens is 374 g/mol. The molecule has 2 heterocycles. The third kappa shape index (κ3) is 4.64. The molecule has 156 valence electrons. The van der Waals surface area contributed by atoms with E-state index in [4.69, 9.17) is 0 Å². The molecule has 6 heteroatoms. The van der Waals surface area contributed by atoms with Crippen molar-refractivity contribution >= 4 is 22.8 Å². The fourth-order valence-corrected chi connectivity index (χ4v) is 3.99. The lowest BCUT2D eigenvalue weighted by atomic mass is 10.00. The van der Waals surface area contributed by atoms with E-state index in [2.05, 4.69) is 74.9 Å². The first-order chi connectivity index (χ1) is 14.7. The van der Waals surface area contributed by atoms with Crippen LogP contribution < -0.4 is 10.6 Å². The van der Waals surface area contributed by atoms with Crippen LogP contribution in [0.5, 0.6) is 0 Å². The standard InChI is InChI=1S/C24H29N5O/c1-25-24(26-13-6-14-28-15-12-20-8-4-5-10-22(20)28)27-17-23(30)29-16-11-19-7-2-3-9-21(19)18-29/h2-5,7-10,12,15H,6,11,13-14,16-18H2,1H3,(H2,25,26,27). The first-order valence-corrected chi connectivity index (χ1v) is 10.6. The van der Waals surface area contributed by atoms with Gasteiger partial charge in [0.05, 0.1) is 6.54 Å². The first-order valence-electron chi connectivity index (χ1n) is 10.6. The van der Waals surface area contributed by atoms with E-state index in [1.54, 1.807) is 7.05 Å². The zero-order valence-corrected chi connectivity index (χ0v) is 17.5. The fourth-order valence-electron chi connectivity index (χ4n) is 3.99. The van der Waals surface area contributed by atoms with Gasteiger partial charge in [-0.05, 0) is 41.5 Å². The molecule has 1 aromatic heterocycles. The molecule has 1 aliphatic rings. The van der Waals surface area contributed by atoms with Crippen molar-refractivity contribution in [2.24, 2.45) is 4.99 Å². The second-order valence-corrected chi connectivity index (χ2v) is 7.61. The lowest BCUT2D eigenvalue weighted by Crippen LogP contribution is -2.46. The Kier molecular flexibility index (Phi) is 6.32. The maximum atomic E-state index is 12.6. The van der Waals surface area contributed by atoms with Gasteiger partial charge in [-0.15, -0.1) is 0 Å². The predicted molar refractivity (Wildman–Crippen MR) is 121 cm³/mol. The summed E-state index contributed by atoms with van der Waals surface area (Å²) in [5, 5.41) is 7.73. The van der Waals surface area contributed by atoms with E-state index in [0.29, 0.717) is 12.5 Å². The summed E-state index contributed by atoms with van der Waals surface area (Å²) < 4.78 is 2.27. The Balaban J connectivity index is 1.20. The van der Waals surface area contributed by atoms with Gasteiger partial charge in [0.2, 0.25) is 5.91 Å². The number of guanidine groups is 1. The van der Waals surface area contributed by atoms with Crippen molar-refractivity contribution in [3.8, 4) is 0 Å². The highest BCUT2D eigenvalue weighted by atomic mass is 16.2. The van der Waals surface area contributed by atoms with E-state index < -0.39 is 0 Å². The molecule has 0 unspecified atom stereocenters. The lowest BCUT2D eigenvalue weighted by Gasteiger charge is -2.29. The van der Waals surface area contributed by atoms with Crippen molar-refractivity contribution in [2.45, 2.75) is 25.9 Å². The summed E-state index contributed by atoms with van der Waals surface area (Å²) in [7, 11) is 1.73. The largest absolute Gasteiger partial charge is 0.356 e. The van der Waals surface area contributed by atoms with Gasteiger partial charge in [-0.3, -0.25) is 9.79 Å². The maximum Gasteiger partial charge on any atom is 0.242 e. The van der Waals surface area contributed by atoms with Gasteiger partial charge in [-0.25, -0.2) is 0 Å². The van der Waals surface area contributed by atoms with Gasteiger partial charge in [-0.1, -0.05) is 42.5 Å². The first kappa shape index (κ1) is 20.0. The second-order valence-electron chi connectivity index (χ2n) is 7.61. The molecule has 0 saturated heterocycles. The molecule has 30 heavy (non-hydrogen) atoms. The number of aromatic nitrogens is 1. The van der Waals surface area contributed by atoms with Crippen molar-refractivity contribution in [1.29, 1.82) is 0 Å². The molecule has 0 radical (unpaired) electrons. The Morgan fingerprint density at radius 2 is 1.83 bits per heavy atom. The van der Waals surface area contributed by atoms with E-state index >= 15 is 0 Å². The van der Waals surface area contributed by atoms with Gasteiger partial charge in [0, 0.05) is 44.9 Å². The topological polar surface area (TPSA) is 61.7 Å². The molecule has 0 saturated carbocycles. The number of carbonyl (C=O) groups is 1. The van der Waals surface area contributed by atoms with Gasteiger partial charge in [0.15, 0.2) is 5.96 Å². The molecule has 2 aromatic carbocycles. The van der Waals surface area contributed by atoms with E-state index in [-0.39, 0.29) is 12.5 Å². The quantitative estimate of drug-likeness (QED) is 0.378. The highest BCUT2D eigenvalue weighted by Crippen LogP contribution is 2.18. The number of hydrogen-bond donors (Lipinski definition) is 2. The summed E-state index contributed by atoms with van der Waals surface area (Å²) in [6.45, 7) is 3.44. The molecule has 0 atom stereocenters. The van der Waals surface area contributed by atoms with Crippen molar-refractivity contribution in [3.05, 3.63) is 71.9 Å². The second kappa shape index (κ2) is 9.48. The number of carbonyl (C=O) groups excluding carboxylic acids is 1. The van der Waals surface area contributed by atoms with Gasteiger partial charge in [0.1, 0.15) is 0 Å². The Hall–Kier alpha value is -3.28. The molecular formula is C24H29N5O. The van der Waals surface area contributed by atoms with Crippen LogP contribution in [0, 0.1) is 0 Å². The fraction of sp³-hybridized carbons (Fsp3) is 0.333. The van der Waals surface area contributed by atoms with Crippen LogP contribution in [0.2, 0.25) is 0 Å². The summed E-state index contributed by atoms with van der Waals surface area (Å²) in [6, 6.07) is 18.9. The summed E-state index contributed by atoms with van der Waals surface area (Å²) in [5.74, 6) is 0.768. The van der Waals surface area contributed by atoms with Gasteiger partial charge in [-0.2, -0.15) is 0 Å². The number of nitrogens with zero attached hydrogens (tertiary/aromatic N) is 3. The highest BCUT2D eigenvalue weighted by Gasteiger charge is 2.20. The number of amides is 1. The van der Waals surface area contributed by atoms with Crippen LogP contribution in [0.1, 0.15) is 17.5 Å². The summed E-state index contributed by atoms with van der Waals surface area (Å²) in [4.78, 5) is 18.8. The molecule has 2 N–H and O–H groups in total. The van der Waals surface area contributed by atoms with Gasteiger partial charge in [0.25, 0.3) is 0 Å². The van der Waals surface area contributed by atoms with Crippen LogP contribution in [0.4, 0.5) is 0 Å². The molecule has 1 aliphatic heterocycles. The minimum atomic E-state index is 0.103. The molecule has 4 rings (SSSR count). The summed E-state index contributed by atoms with van der Waals surface area (Å²) >= 11 is 0. The zero-order chi connectivity index (χ0) is 20.8. The van der Waals surface area contributed by atoms with Crippen LogP contribution in [0.15, 0.2) is 65.8 Å². The molecule has 3 aromatic rings. The number of aryl methyl sites for hydroxylation is 1. The van der Waals surface area contributed by atoms with Crippen LogP contribution in [0.3, 0.4) is 0 Å². The molecule has 0 aliphatic carbocycles. The maximum absolute atomic E-state index is 12.6. The van der Waals surface area contributed by atoms with Crippen molar-refractivity contribution in [2.75, 3.05) is 26.7 Å². The Bertz CT molecular complexity index is 1040. The highest BCUT2D eigenvalue weighted by molar-refractivity contribution is 5.86. The zero-order valence-electron chi connectivity index (χ0n) is 17.5. The average molecular weight is 404 g/mol. The number of nitrogens with one attached hydrogen (secondary N) is 2. The van der Waals surface area contributed by atoms with Crippen molar-refractivity contribution in [1.82, 2.24) is 20.1 Å². The number of rotatable bonds is 6. The number of benzene rings is 2. The average Bonchev–Trinajstić information content (AvgIpc) is 3.21. The molecule has 6 nitrogen and oxygen atoms in total. The van der Waals surface area contributed by atoms with E-state index in [1.807, 2.05) is 11.0 Å². The predicted octanol–water partition coefficient (Wildman–Crippen LogP) is 2.78. The van der Waals surface area contributed by atoms with Gasteiger partial charge >= 0.3 is 0 Å². The number of hydrogen-bond acceptors (Lipinski definition) is 2. The minimum Gasteiger partial charge on any atom is -0.356 e. The van der Waals surface area contributed by atoms with Crippen LogP contribution >= 0.6 is 0 Å². The van der Waals surface area contributed by atoms with Crippen molar-refractivity contribution < 1.29 is 4.79 Å². The molecule has 0 fully saturated rings. The normalized spacial score (nSPS) is 13.9. The lowest BCUT2D eigenvalue weighted by molar-refractivity contribution is -0.130. The molecule has 0 bridgehead atoms. The summed E-state index contributed by atoms with van der Waals surface area (Å²) in [6.07, 6.45) is 4.02. The SMILES string of the molecule is CN=C(NCCCn1ccc2ccccc21)NCC(=O)N1CCc2ccccc2C1. The minimum absolute atomic E-state index is 0.103. The smallest absolute Gasteiger partial charge is 0.242 e. The summed E-state index contributed by atoms with van der Waals surface area (Å²) in [5.41, 5.74) is 3.85. The Labute approximate surface area is 177 Å². The van der Waals surface area contributed by atoms with Crippen LogP contribution in [-0.4, -0.2) is 48.0 Å². The van der Waals surface area contributed by atoms with Crippen LogP contribution in [-0.2, 0) is 24.3 Å². The molecule has 1 amide bonds. The molecule has 0 spiro atoms. The number of fused-ring (bicyclic) bond motifs is 2. The Morgan fingerprint density at radius 3 is 2.70 bits per heavy atom. The third-order valence-corrected chi connectivity index (χ3v) is 5.66. The number of para-hydroxylation sites is 1. The number of aliphatic imine (C=N–C) groups is 1. The monoisotopic (exact) mass is 403 g/mol. The third-order valence-electron chi connectivity index (χ3n) is 5.66. The van der Waals surface area contributed by atoms with Gasteiger partial charge < -0.3 is 20.1 Å². The Morgan fingerprint density at radius 1 is 1.03 bits per heavy atom. The van der Waals surface area contributed by atoms with E-state index in [9.17, 15) is 4.79 Å². The van der Waals surface area contributed by atoms with Crippen LogP contribution in [0.25, 0.3) is 10.9 Å².